The molecule has 0 saturated carbocycles. The van der Waals surface area contributed by atoms with Crippen LogP contribution in [0.1, 0.15) is 12.5 Å². The number of benzene rings is 1. The summed E-state index contributed by atoms with van der Waals surface area (Å²) in [6.07, 6.45) is -4.83. The first-order chi connectivity index (χ1) is 8.71. The Morgan fingerprint density at radius 2 is 2.00 bits per heavy atom. The summed E-state index contributed by atoms with van der Waals surface area (Å²) in [5.74, 6) is -1.88. The molecule has 0 spiro atoms. The molecule has 1 amide bonds. The second-order valence-corrected chi connectivity index (χ2v) is 4.39. The number of anilines is 1. The Hall–Kier alpha value is -1.70. The fourth-order valence-corrected chi connectivity index (χ4v) is 2.09. The normalized spacial score (nSPS) is 19.8. The Morgan fingerprint density at radius 1 is 1.37 bits per heavy atom. The van der Waals surface area contributed by atoms with Crippen LogP contribution >= 0.6 is 12.2 Å². The molecule has 8 heteroatoms. The monoisotopic (exact) mass is 292 g/mol. The van der Waals surface area contributed by atoms with Crippen molar-refractivity contribution < 1.29 is 22.4 Å². The second kappa shape index (κ2) is 4.44. The van der Waals surface area contributed by atoms with E-state index >= 15 is 0 Å². The van der Waals surface area contributed by atoms with Crippen molar-refractivity contribution in [3.8, 4) is 0 Å². The highest BCUT2D eigenvalue weighted by Crippen LogP contribution is 2.34. The lowest BCUT2D eigenvalue weighted by Gasteiger charge is -2.17. The molecule has 19 heavy (non-hydrogen) atoms. The molecule has 1 heterocycles. The molecule has 1 aliphatic rings. The van der Waals surface area contributed by atoms with Crippen LogP contribution in [0.25, 0.3) is 0 Å². The zero-order chi connectivity index (χ0) is 14.4. The molecule has 1 aromatic carbocycles. The molecule has 0 radical (unpaired) electrons. The number of hydrogen-bond acceptors (Lipinski definition) is 2. The van der Waals surface area contributed by atoms with Gasteiger partial charge in [-0.2, -0.15) is 13.2 Å². The Bertz CT molecular complexity index is 558. The van der Waals surface area contributed by atoms with Gasteiger partial charge in [0.1, 0.15) is 11.9 Å². The molecule has 1 aromatic rings. The lowest BCUT2D eigenvalue weighted by Crippen LogP contribution is -2.31. The fourth-order valence-electron chi connectivity index (χ4n) is 1.72. The summed E-state index contributed by atoms with van der Waals surface area (Å²) in [4.78, 5) is 12.7. The molecule has 0 unspecified atom stereocenters. The van der Waals surface area contributed by atoms with Crippen molar-refractivity contribution in [3.05, 3.63) is 29.6 Å². The first-order valence-corrected chi connectivity index (χ1v) is 5.64. The molecule has 1 saturated heterocycles. The van der Waals surface area contributed by atoms with Crippen LogP contribution in [0, 0.1) is 5.82 Å². The lowest BCUT2D eigenvalue weighted by molar-refractivity contribution is -0.140. The standard InChI is InChI=1S/C11H8F4N2OS/c1-5-9(18)17(10(19)16-5)6-2-3-8(12)7(4-6)11(13,14)15/h2-5H,1H3,(H,16,19)/t5-/m1/s1. The smallest absolute Gasteiger partial charge is 0.350 e. The van der Waals surface area contributed by atoms with Crippen LogP contribution in [-0.4, -0.2) is 17.1 Å². The zero-order valence-electron chi connectivity index (χ0n) is 9.58. The van der Waals surface area contributed by atoms with Gasteiger partial charge in [0.15, 0.2) is 5.11 Å². The summed E-state index contributed by atoms with van der Waals surface area (Å²) < 4.78 is 50.9. The summed E-state index contributed by atoms with van der Waals surface area (Å²) in [5, 5.41) is 2.62. The number of halogens is 4. The van der Waals surface area contributed by atoms with Crippen molar-refractivity contribution in [2.45, 2.75) is 19.1 Å². The van der Waals surface area contributed by atoms with Gasteiger partial charge in [0, 0.05) is 0 Å². The van der Waals surface area contributed by atoms with Gasteiger partial charge in [-0.25, -0.2) is 4.39 Å². The number of amides is 1. The van der Waals surface area contributed by atoms with E-state index in [1.165, 1.54) is 6.92 Å². The minimum absolute atomic E-state index is 0.00256. The van der Waals surface area contributed by atoms with Crippen LogP contribution in [0.3, 0.4) is 0 Å². The van der Waals surface area contributed by atoms with Gasteiger partial charge < -0.3 is 5.32 Å². The molecular weight excluding hydrogens is 284 g/mol. The Morgan fingerprint density at radius 3 is 2.47 bits per heavy atom. The third-order valence-corrected chi connectivity index (χ3v) is 2.95. The average molecular weight is 292 g/mol. The van der Waals surface area contributed by atoms with Gasteiger partial charge >= 0.3 is 6.18 Å². The highest BCUT2D eigenvalue weighted by Gasteiger charge is 2.37. The predicted molar refractivity (Wildman–Crippen MR) is 64.1 cm³/mol. The largest absolute Gasteiger partial charge is 0.419 e. The van der Waals surface area contributed by atoms with E-state index in [0.717, 1.165) is 11.0 Å². The number of carbonyl (C=O) groups excluding carboxylic acids is 1. The van der Waals surface area contributed by atoms with Gasteiger partial charge in [-0.1, -0.05) is 0 Å². The molecule has 0 aromatic heterocycles. The van der Waals surface area contributed by atoms with Crippen molar-refractivity contribution in [3.63, 3.8) is 0 Å². The van der Waals surface area contributed by atoms with Crippen LogP contribution in [0.2, 0.25) is 0 Å². The number of nitrogens with zero attached hydrogens (tertiary/aromatic N) is 1. The van der Waals surface area contributed by atoms with E-state index in [1.54, 1.807) is 0 Å². The predicted octanol–water partition coefficient (Wildman–Crippen LogP) is 2.45. The SMILES string of the molecule is C[C@H]1NC(=S)N(c2ccc(F)c(C(F)(F)F)c2)C1=O. The van der Waals surface area contributed by atoms with Crippen LogP contribution in [0.15, 0.2) is 18.2 Å². The quantitative estimate of drug-likeness (QED) is 0.637. The summed E-state index contributed by atoms with van der Waals surface area (Å²) in [7, 11) is 0. The van der Waals surface area contributed by atoms with Crippen LogP contribution in [-0.2, 0) is 11.0 Å². The maximum atomic E-state index is 13.2. The average Bonchev–Trinajstić information content (AvgIpc) is 2.53. The van der Waals surface area contributed by atoms with Crippen LogP contribution < -0.4 is 10.2 Å². The fraction of sp³-hybridized carbons (Fsp3) is 0.273. The maximum absolute atomic E-state index is 13.2. The minimum Gasteiger partial charge on any atom is -0.350 e. The third-order valence-electron chi connectivity index (χ3n) is 2.65. The first-order valence-electron chi connectivity index (χ1n) is 5.23. The molecular formula is C11H8F4N2OS. The number of nitrogens with one attached hydrogen (secondary N) is 1. The van der Waals surface area contributed by atoms with Gasteiger partial charge in [-0.3, -0.25) is 9.69 Å². The van der Waals surface area contributed by atoms with Gasteiger partial charge in [0.2, 0.25) is 0 Å². The van der Waals surface area contributed by atoms with Gasteiger partial charge in [-0.05, 0) is 37.3 Å². The molecule has 102 valence electrons. The van der Waals surface area contributed by atoms with Crippen molar-refractivity contribution in [1.82, 2.24) is 5.32 Å². The van der Waals surface area contributed by atoms with E-state index in [2.05, 4.69) is 5.32 Å². The van der Waals surface area contributed by atoms with E-state index in [1.807, 2.05) is 0 Å². The molecule has 2 rings (SSSR count). The molecule has 1 fully saturated rings. The highest BCUT2D eigenvalue weighted by molar-refractivity contribution is 7.80. The molecule has 3 nitrogen and oxygen atoms in total. The third kappa shape index (κ3) is 2.40. The Balaban J connectivity index is 2.48. The van der Waals surface area contributed by atoms with Crippen molar-refractivity contribution in [2.24, 2.45) is 0 Å². The van der Waals surface area contributed by atoms with Crippen LogP contribution in [0.5, 0.6) is 0 Å². The highest BCUT2D eigenvalue weighted by atomic mass is 32.1. The van der Waals surface area contributed by atoms with E-state index < -0.39 is 29.5 Å². The van der Waals surface area contributed by atoms with E-state index in [4.69, 9.17) is 12.2 Å². The van der Waals surface area contributed by atoms with Gasteiger partial charge in [-0.15, -0.1) is 0 Å². The Labute approximate surface area is 111 Å². The summed E-state index contributed by atoms with van der Waals surface area (Å²) in [6.45, 7) is 1.53. The topological polar surface area (TPSA) is 32.3 Å². The van der Waals surface area contributed by atoms with E-state index in [0.29, 0.717) is 12.1 Å². The van der Waals surface area contributed by atoms with E-state index in [9.17, 15) is 22.4 Å². The number of carbonyl (C=O) groups is 1. The molecule has 1 atom stereocenters. The number of rotatable bonds is 1. The van der Waals surface area contributed by atoms with Gasteiger partial charge in [0.05, 0.1) is 11.3 Å². The molecule has 1 N–H and O–H groups in total. The Kier molecular flexibility index (Phi) is 3.21. The molecule has 0 bridgehead atoms. The van der Waals surface area contributed by atoms with Crippen molar-refractivity contribution in [2.75, 3.05) is 4.90 Å². The van der Waals surface area contributed by atoms with Crippen molar-refractivity contribution in [1.29, 1.82) is 0 Å². The second-order valence-electron chi connectivity index (χ2n) is 4.01. The number of hydrogen-bond donors (Lipinski definition) is 1. The lowest BCUT2D eigenvalue weighted by atomic mass is 10.1. The summed E-state index contributed by atoms with van der Waals surface area (Å²) in [6, 6.07) is 1.69. The molecule has 1 aliphatic heterocycles. The first kappa shape index (κ1) is 13.7. The minimum atomic E-state index is -4.83. The summed E-state index contributed by atoms with van der Waals surface area (Å²) in [5.41, 5.74) is -1.54. The van der Waals surface area contributed by atoms with Crippen LogP contribution in [0.4, 0.5) is 23.2 Å². The maximum Gasteiger partial charge on any atom is 0.419 e. The number of thiocarbonyl (C=S) groups is 1. The van der Waals surface area contributed by atoms with Crippen molar-refractivity contribution >= 4 is 28.9 Å². The van der Waals surface area contributed by atoms with Gasteiger partial charge in [0.25, 0.3) is 5.91 Å². The number of alkyl halides is 3. The molecule has 0 aliphatic carbocycles. The zero-order valence-corrected chi connectivity index (χ0v) is 10.4. The summed E-state index contributed by atoms with van der Waals surface area (Å²) >= 11 is 4.87. The van der Waals surface area contributed by atoms with E-state index in [-0.39, 0.29) is 10.8 Å².